The predicted octanol–water partition coefficient (Wildman–Crippen LogP) is 15.3. The summed E-state index contributed by atoms with van der Waals surface area (Å²) in [4.78, 5) is 9.41. The van der Waals surface area contributed by atoms with Crippen LogP contribution in [0.1, 0.15) is 0 Å². The molecule has 0 amide bonds. The Morgan fingerprint density at radius 2 is 0.707 bits per heavy atom. The molecule has 13 aromatic rings. The molecule has 0 aliphatic carbocycles. The molecule has 0 spiro atoms. The molecule has 0 bridgehead atoms. The standard InChI is InChI=1S/C56H32N2/c1-2-14-41-40(13-1)39(33-21-23-34(24-22-33)49-32-38-12-7-29-57-55(38)56-48(49)20-8-30-58-56)27-28-42(41)50-31-37-11-5-17-44-43-15-3-9-35-25-26-36-10-4-16-45(52(36)51(35)43)46-18-6-19-47(50)54(46)53(37)44/h1-32H. The maximum Gasteiger partial charge on any atom is 0.0970 e. The molecule has 0 N–H and O–H groups in total. The van der Waals surface area contributed by atoms with Crippen LogP contribution in [-0.4, -0.2) is 9.97 Å². The number of benzene rings is 10. The maximum atomic E-state index is 4.75. The van der Waals surface area contributed by atoms with Gasteiger partial charge in [0.05, 0.1) is 11.0 Å². The van der Waals surface area contributed by atoms with Gasteiger partial charge in [-0.2, -0.15) is 0 Å². The van der Waals surface area contributed by atoms with Crippen molar-refractivity contribution in [2.75, 3.05) is 0 Å². The highest BCUT2D eigenvalue weighted by molar-refractivity contribution is 6.38. The first-order chi connectivity index (χ1) is 28.8. The van der Waals surface area contributed by atoms with E-state index < -0.39 is 0 Å². The van der Waals surface area contributed by atoms with E-state index in [2.05, 4.69) is 175 Å². The second-order valence-corrected chi connectivity index (χ2v) is 15.6. The summed E-state index contributed by atoms with van der Waals surface area (Å²) in [6.07, 6.45) is 3.70. The fourth-order valence-corrected chi connectivity index (χ4v) is 10.2. The summed E-state index contributed by atoms with van der Waals surface area (Å²) in [5.41, 5.74) is 9.10. The van der Waals surface area contributed by atoms with Crippen LogP contribution in [0.4, 0.5) is 0 Å². The Bertz CT molecular complexity index is 3840. The van der Waals surface area contributed by atoms with Crippen molar-refractivity contribution >= 4 is 97.2 Å². The number of hydrogen-bond acceptors (Lipinski definition) is 2. The topological polar surface area (TPSA) is 25.8 Å². The average Bonchev–Trinajstić information content (AvgIpc) is 3.29. The van der Waals surface area contributed by atoms with Gasteiger partial charge < -0.3 is 0 Å². The summed E-state index contributed by atoms with van der Waals surface area (Å²) in [5.74, 6) is 0. The first-order valence-electron chi connectivity index (χ1n) is 20.0. The van der Waals surface area contributed by atoms with Gasteiger partial charge in [-0.15, -0.1) is 0 Å². The van der Waals surface area contributed by atoms with E-state index in [1.807, 2.05) is 24.5 Å². The third-order valence-corrected chi connectivity index (χ3v) is 12.6. The summed E-state index contributed by atoms with van der Waals surface area (Å²) >= 11 is 0. The van der Waals surface area contributed by atoms with E-state index in [0.717, 1.165) is 32.9 Å². The third kappa shape index (κ3) is 4.37. The summed E-state index contributed by atoms with van der Waals surface area (Å²) in [7, 11) is 0. The summed E-state index contributed by atoms with van der Waals surface area (Å²) in [6.45, 7) is 0. The van der Waals surface area contributed by atoms with E-state index in [9.17, 15) is 0 Å². The van der Waals surface area contributed by atoms with Crippen LogP contribution in [0.15, 0.2) is 194 Å². The Labute approximate surface area is 333 Å². The summed E-state index contributed by atoms with van der Waals surface area (Å²) < 4.78 is 0. The molecule has 0 fully saturated rings. The first kappa shape index (κ1) is 31.5. The number of nitrogens with zero attached hydrogens (tertiary/aromatic N) is 2. The van der Waals surface area contributed by atoms with Gasteiger partial charge in [-0.1, -0.05) is 158 Å². The normalized spacial score (nSPS) is 12.1. The number of fused-ring (bicyclic) bond motifs is 6. The first-order valence-corrected chi connectivity index (χ1v) is 20.0. The van der Waals surface area contributed by atoms with Gasteiger partial charge in [-0.3, -0.25) is 9.97 Å². The Morgan fingerprint density at radius 3 is 1.41 bits per heavy atom. The second kappa shape index (κ2) is 11.9. The van der Waals surface area contributed by atoms with E-state index in [1.54, 1.807) is 0 Å². The molecule has 0 atom stereocenters. The van der Waals surface area contributed by atoms with Crippen LogP contribution in [0.25, 0.3) is 131 Å². The van der Waals surface area contributed by atoms with E-state index >= 15 is 0 Å². The average molecular weight is 733 g/mol. The van der Waals surface area contributed by atoms with Crippen LogP contribution < -0.4 is 0 Å². The molecule has 0 radical (unpaired) electrons. The van der Waals surface area contributed by atoms with Crippen LogP contribution in [0.2, 0.25) is 0 Å². The third-order valence-electron chi connectivity index (χ3n) is 12.6. The molecule has 0 saturated heterocycles. The van der Waals surface area contributed by atoms with E-state index in [4.69, 9.17) is 4.98 Å². The molecule has 11 aromatic carbocycles. The minimum absolute atomic E-state index is 0.933. The largest absolute Gasteiger partial charge is 0.254 e. The fraction of sp³-hybridized carbons (Fsp3) is 0. The van der Waals surface area contributed by atoms with E-state index in [-0.39, 0.29) is 0 Å². The number of hydrogen-bond donors (Lipinski definition) is 0. The molecule has 2 aromatic heterocycles. The van der Waals surface area contributed by atoms with Crippen molar-refractivity contribution in [3.05, 3.63) is 194 Å². The number of rotatable bonds is 3. The van der Waals surface area contributed by atoms with Crippen molar-refractivity contribution in [3.8, 4) is 33.4 Å². The van der Waals surface area contributed by atoms with Gasteiger partial charge in [0.1, 0.15) is 0 Å². The van der Waals surface area contributed by atoms with Crippen LogP contribution >= 0.6 is 0 Å². The highest BCUT2D eigenvalue weighted by atomic mass is 14.7. The molecule has 2 heteroatoms. The molecule has 58 heavy (non-hydrogen) atoms. The molecule has 0 aliphatic rings. The van der Waals surface area contributed by atoms with Gasteiger partial charge in [-0.05, 0) is 133 Å². The van der Waals surface area contributed by atoms with Gasteiger partial charge >= 0.3 is 0 Å². The molecule has 2 heterocycles. The van der Waals surface area contributed by atoms with Gasteiger partial charge in [0.25, 0.3) is 0 Å². The van der Waals surface area contributed by atoms with Gasteiger partial charge in [0.15, 0.2) is 0 Å². The van der Waals surface area contributed by atoms with Crippen molar-refractivity contribution in [1.29, 1.82) is 0 Å². The Balaban J connectivity index is 1.04. The zero-order valence-corrected chi connectivity index (χ0v) is 31.4. The second-order valence-electron chi connectivity index (χ2n) is 15.6. The molecule has 0 aliphatic heterocycles. The quantitative estimate of drug-likeness (QED) is 0.169. The smallest absolute Gasteiger partial charge is 0.0970 e. The zero-order chi connectivity index (χ0) is 37.9. The number of aromatic nitrogens is 2. The van der Waals surface area contributed by atoms with Crippen molar-refractivity contribution in [3.63, 3.8) is 0 Å². The fourth-order valence-electron chi connectivity index (χ4n) is 10.2. The molecule has 13 rings (SSSR count). The monoisotopic (exact) mass is 732 g/mol. The Kier molecular flexibility index (Phi) is 6.47. The SMILES string of the molecule is c1cnc2c(c1)cc(-c1ccc(-c3ccc(-c4cc5cccc6c7cccc8ccc9cccc(c%10cccc4c%10c56)c9c87)c4ccccc34)cc1)c1cccnc12. The molecular formula is C56H32N2. The molecule has 0 saturated carbocycles. The summed E-state index contributed by atoms with van der Waals surface area (Å²) in [5, 5.41) is 20.3. The van der Waals surface area contributed by atoms with Crippen molar-refractivity contribution in [2.24, 2.45) is 0 Å². The lowest BCUT2D eigenvalue weighted by atomic mass is 9.84. The maximum absolute atomic E-state index is 4.75. The van der Waals surface area contributed by atoms with Crippen molar-refractivity contribution < 1.29 is 0 Å². The molecule has 2 nitrogen and oxygen atoms in total. The Morgan fingerprint density at radius 1 is 0.241 bits per heavy atom. The van der Waals surface area contributed by atoms with Gasteiger partial charge in [0.2, 0.25) is 0 Å². The van der Waals surface area contributed by atoms with Crippen molar-refractivity contribution in [2.45, 2.75) is 0 Å². The minimum atomic E-state index is 0.933. The molecule has 266 valence electrons. The van der Waals surface area contributed by atoms with Crippen LogP contribution in [-0.2, 0) is 0 Å². The van der Waals surface area contributed by atoms with Crippen LogP contribution in [0, 0.1) is 0 Å². The van der Waals surface area contributed by atoms with E-state index in [0.29, 0.717) is 0 Å². The highest BCUT2D eigenvalue weighted by Crippen LogP contribution is 2.47. The molecule has 0 unspecified atom stereocenters. The lowest BCUT2D eigenvalue weighted by Gasteiger charge is -2.19. The lowest BCUT2D eigenvalue weighted by Crippen LogP contribution is -1.91. The Hall–Kier alpha value is -7.68. The summed E-state index contributed by atoms with van der Waals surface area (Å²) in [6, 6.07) is 67.5. The lowest BCUT2D eigenvalue weighted by molar-refractivity contribution is 1.37. The predicted molar refractivity (Wildman–Crippen MR) is 247 cm³/mol. The van der Waals surface area contributed by atoms with Gasteiger partial charge in [0, 0.05) is 23.2 Å². The molecular weight excluding hydrogens is 701 g/mol. The van der Waals surface area contributed by atoms with E-state index in [1.165, 1.54) is 97.7 Å². The van der Waals surface area contributed by atoms with Crippen LogP contribution in [0.5, 0.6) is 0 Å². The minimum Gasteiger partial charge on any atom is -0.254 e. The number of pyridine rings is 2. The van der Waals surface area contributed by atoms with Crippen LogP contribution in [0.3, 0.4) is 0 Å². The zero-order valence-electron chi connectivity index (χ0n) is 31.4. The highest BCUT2D eigenvalue weighted by Gasteiger charge is 2.19. The van der Waals surface area contributed by atoms with Gasteiger partial charge in [-0.25, -0.2) is 0 Å². The van der Waals surface area contributed by atoms with Crippen molar-refractivity contribution in [1.82, 2.24) is 9.97 Å².